The number of aromatic nitrogens is 4. The van der Waals surface area contributed by atoms with E-state index >= 15 is 0 Å². The number of rotatable bonds is 18. The highest BCUT2D eigenvalue weighted by atomic mass is 16.5. The molecule has 0 saturated heterocycles. The van der Waals surface area contributed by atoms with E-state index in [0.717, 1.165) is 46.5 Å². The SMILES string of the molecule is CCCN(Cc1ncc(-c2ccc(/C=C/c3ccc(-c4cnc(CN(CCC)C(=O)C(NC(=O)OC)C(C)C)[nH]4)cc3)cc2)[nH]1)C(=O)C(NC(=O)OC)C(C)C. The zero-order valence-corrected chi connectivity index (χ0v) is 33.7. The van der Waals surface area contributed by atoms with Crippen LogP contribution in [-0.4, -0.2) is 93.1 Å². The summed E-state index contributed by atoms with van der Waals surface area (Å²) in [6, 6.07) is 14.8. The molecule has 4 amide bonds. The Morgan fingerprint density at radius 3 is 1.30 bits per heavy atom. The molecule has 2 unspecified atom stereocenters. The summed E-state index contributed by atoms with van der Waals surface area (Å²) in [6.45, 7) is 13.2. The number of nitrogens with one attached hydrogen (secondary N) is 4. The van der Waals surface area contributed by atoms with E-state index in [1.54, 1.807) is 22.2 Å². The molecule has 14 heteroatoms. The van der Waals surface area contributed by atoms with Crippen molar-refractivity contribution in [2.24, 2.45) is 11.8 Å². The lowest BCUT2D eigenvalue weighted by Gasteiger charge is -2.28. The van der Waals surface area contributed by atoms with Gasteiger partial charge in [-0.15, -0.1) is 0 Å². The molecule has 56 heavy (non-hydrogen) atoms. The van der Waals surface area contributed by atoms with Crippen LogP contribution in [0.25, 0.3) is 34.7 Å². The number of ether oxygens (including phenoxy) is 2. The third-order valence-electron chi connectivity index (χ3n) is 9.24. The first-order valence-corrected chi connectivity index (χ1v) is 19.1. The Kier molecular flexibility index (Phi) is 15.8. The van der Waals surface area contributed by atoms with Crippen molar-refractivity contribution in [3.63, 3.8) is 0 Å². The minimum Gasteiger partial charge on any atom is -0.453 e. The molecular formula is C42H56N8O6. The van der Waals surface area contributed by atoms with Gasteiger partial charge < -0.3 is 39.9 Å². The summed E-state index contributed by atoms with van der Waals surface area (Å²) >= 11 is 0. The van der Waals surface area contributed by atoms with Gasteiger partial charge in [0.05, 0.1) is 51.1 Å². The molecule has 0 spiro atoms. The number of methoxy groups -OCH3 is 2. The van der Waals surface area contributed by atoms with Crippen molar-refractivity contribution in [1.82, 2.24) is 40.4 Å². The molecule has 0 fully saturated rings. The van der Waals surface area contributed by atoms with Crippen LogP contribution in [0.1, 0.15) is 77.2 Å². The van der Waals surface area contributed by atoms with Gasteiger partial charge in [0.1, 0.15) is 23.7 Å². The summed E-state index contributed by atoms with van der Waals surface area (Å²) in [6.07, 6.45) is 7.87. The number of alkyl carbamates (subject to hydrolysis) is 2. The maximum atomic E-state index is 13.4. The molecule has 0 saturated carbocycles. The minimum absolute atomic E-state index is 0.118. The van der Waals surface area contributed by atoms with Crippen LogP contribution in [0.15, 0.2) is 60.9 Å². The van der Waals surface area contributed by atoms with Crippen molar-refractivity contribution in [1.29, 1.82) is 0 Å². The fraction of sp³-hybridized carbons (Fsp3) is 0.429. The lowest BCUT2D eigenvalue weighted by Crippen LogP contribution is -2.51. The molecule has 4 aromatic rings. The molecule has 2 aromatic carbocycles. The molecule has 2 aromatic heterocycles. The van der Waals surface area contributed by atoms with Crippen LogP contribution in [0.4, 0.5) is 9.59 Å². The average molecular weight is 769 g/mol. The highest BCUT2D eigenvalue weighted by Crippen LogP contribution is 2.22. The van der Waals surface area contributed by atoms with Crippen LogP contribution in [0.3, 0.4) is 0 Å². The van der Waals surface area contributed by atoms with Crippen molar-refractivity contribution in [2.75, 3.05) is 27.3 Å². The smallest absolute Gasteiger partial charge is 0.407 e. The number of aromatic amines is 2. The fourth-order valence-corrected chi connectivity index (χ4v) is 6.15. The summed E-state index contributed by atoms with van der Waals surface area (Å²) < 4.78 is 9.46. The number of carbonyl (C=O) groups excluding carboxylic acids is 4. The van der Waals surface area contributed by atoms with E-state index in [1.807, 2.05) is 102 Å². The maximum Gasteiger partial charge on any atom is 0.407 e. The van der Waals surface area contributed by atoms with Crippen LogP contribution in [0, 0.1) is 11.8 Å². The summed E-state index contributed by atoms with van der Waals surface area (Å²) in [5, 5.41) is 5.33. The van der Waals surface area contributed by atoms with Crippen LogP contribution in [0.5, 0.6) is 0 Å². The monoisotopic (exact) mass is 768 g/mol. The molecule has 2 heterocycles. The minimum atomic E-state index is -0.707. The molecule has 0 aliphatic rings. The van der Waals surface area contributed by atoms with E-state index in [9.17, 15) is 19.2 Å². The molecule has 0 bridgehead atoms. The van der Waals surface area contributed by atoms with Crippen molar-refractivity contribution >= 4 is 36.2 Å². The normalized spacial score (nSPS) is 12.4. The van der Waals surface area contributed by atoms with E-state index in [0.29, 0.717) is 24.7 Å². The Morgan fingerprint density at radius 2 is 1.00 bits per heavy atom. The first-order chi connectivity index (χ1) is 26.9. The lowest BCUT2D eigenvalue weighted by molar-refractivity contribution is -0.135. The Hall–Kier alpha value is -5.92. The second kappa shape index (κ2) is 20.7. The number of hydrogen-bond acceptors (Lipinski definition) is 8. The van der Waals surface area contributed by atoms with Crippen molar-refractivity contribution in [3.05, 3.63) is 83.7 Å². The van der Waals surface area contributed by atoms with Crippen LogP contribution in [0.2, 0.25) is 0 Å². The molecule has 0 radical (unpaired) electrons. The van der Waals surface area contributed by atoms with Gasteiger partial charge in [-0.2, -0.15) is 0 Å². The van der Waals surface area contributed by atoms with Gasteiger partial charge in [0, 0.05) is 13.1 Å². The predicted octanol–water partition coefficient (Wildman–Crippen LogP) is 6.88. The van der Waals surface area contributed by atoms with Crippen molar-refractivity contribution in [2.45, 2.75) is 79.6 Å². The second-order valence-corrected chi connectivity index (χ2v) is 14.3. The van der Waals surface area contributed by atoms with E-state index in [4.69, 9.17) is 9.47 Å². The van der Waals surface area contributed by atoms with Gasteiger partial charge in [-0.25, -0.2) is 19.6 Å². The predicted molar refractivity (Wildman–Crippen MR) is 217 cm³/mol. The van der Waals surface area contributed by atoms with Crippen molar-refractivity contribution < 1.29 is 28.7 Å². The van der Waals surface area contributed by atoms with E-state index in [2.05, 4.69) is 30.6 Å². The molecular weight excluding hydrogens is 713 g/mol. The van der Waals surface area contributed by atoms with E-state index in [-0.39, 0.29) is 36.7 Å². The Bertz CT molecular complexity index is 1780. The number of imidazole rings is 2. The number of nitrogens with zero attached hydrogens (tertiary/aromatic N) is 4. The number of carbonyl (C=O) groups is 4. The molecule has 14 nitrogen and oxygen atoms in total. The van der Waals surface area contributed by atoms with E-state index in [1.165, 1.54) is 14.2 Å². The Balaban J connectivity index is 1.37. The topological polar surface area (TPSA) is 175 Å². The molecule has 4 rings (SSSR count). The Labute approximate surface area is 329 Å². The quantitative estimate of drug-likeness (QED) is 0.0793. The first-order valence-electron chi connectivity index (χ1n) is 19.1. The van der Waals surface area contributed by atoms with Gasteiger partial charge in [0.25, 0.3) is 0 Å². The number of hydrogen-bond donors (Lipinski definition) is 4. The van der Waals surface area contributed by atoms with Gasteiger partial charge in [-0.05, 0) is 46.9 Å². The summed E-state index contributed by atoms with van der Waals surface area (Å²) in [5.41, 5.74) is 5.66. The number of amides is 4. The fourth-order valence-electron chi connectivity index (χ4n) is 6.15. The van der Waals surface area contributed by atoms with Gasteiger partial charge in [-0.3, -0.25) is 9.59 Å². The highest BCUT2D eigenvalue weighted by molar-refractivity contribution is 5.86. The molecule has 0 aliphatic heterocycles. The molecule has 4 N–H and O–H groups in total. The Morgan fingerprint density at radius 1 is 0.643 bits per heavy atom. The van der Waals surface area contributed by atoms with Crippen LogP contribution in [-0.2, 0) is 32.2 Å². The zero-order valence-electron chi connectivity index (χ0n) is 33.7. The second-order valence-electron chi connectivity index (χ2n) is 14.3. The van der Waals surface area contributed by atoms with E-state index < -0.39 is 24.3 Å². The molecule has 300 valence electrons. The van der Waals surface area contributed by atoms with Crippen LogP contribution >= 0.6 is 0 Å². The standard InChI is InChI=1S/C42H56N8O6/c1-9-21-49(39(51)37(27(3)4)47-41(53)55-7)25-35-43-23-33(45-35)31-17-13-29(14-18-31)11-12-30-15-19-32(20-16-30)34-24-44-36(46-34)26-50(22-10-2)40(52)38(28(5)6)48-42(54)56-8/h11-20,23-24,27-28,37-38H,9-10,21-22,25-26H2,1-8H3,(H,43,45)(H,44,46)(H,47,53)(H,48,54)/b12-11+. The number of benzene rings is 2. The molecule has 0 aliphatic carbocycles. The highest BCUT2D eigenvalue weighted by Gasteiger charge is 2.30. The number of H-pyrrole nitrogens is 2. The van der Waals surface area contributed by atoms with Gasteiger partial charge in [0.2, 0.25) is 11.8 Å². The van der Waals surface area contributed by atoms with Crippen LogP contribution < -0.4 is 10.6 Å². The average Bonchev–Trinajstić information content (AvgIpc) is 3.87. The van der Waals surface area contributed by atoms with Gasteiger partial charge >= 0.3 is 12.2 Å². The summed E-state index contributed by atoms with van der Waals surface area (Å²) in [5.74, 6) is 0.706. The molecule has 2 atom stereocenters. The van der Waals surface area contributed by atoms with Crippen molar-refractivity contribution in [3.8, 4) is 22.5 Å². The lowest BCUT2D eigenvalue weighted by atomic mass is 10.0. The zero-order chi connectivity index (χ0) is 40.8. The third-order valence-corrected chi connectivity index (χ3v) is 9.24. The first kappa shape index (κ1) is 42.8. The van der Waals surface area contributed by atoms with Gasteiger partial charge in [0.15, 0.2) is 0 Å². The third kappa shape index (κ3) is 11.8. The van der Waals surface area contributed by atoms with Gasteiger partial charge in [-0.1, -0.05) is 102 Å². The largest absolute Gasteiger partial charge is 0.453 e. The maximum absolute atomic E-state index is 13.4. The summed E-state index contributed by atoms with van der Waals surface area (Å²) in [4.78, 5) is 69.8. The summed E-state index contributed by atoms with van der Waals surface area (Å²) in [7, 11) is 2.56.